The molecule has 1 aliphatic carbocycles. The van der Waals surface area contributed by atoms with Gasteiger partial charge in [-0.2, -0.15) is 0 Å². The summed E-state index contributed by atoms with van der Waals surface area (Å²) in [6.07, 6.45) is 6.29. The van der Waals surface area contributed by atoms with Crippen molar-refractivity contribution in [2.24, 2.45) is 0 Å². The van der Waals surface area contributed by atoms with Crippen LogP contribution in [-0.4, -0.2) is 16.9 Å². The molecule has 1 atom stereocenters. The molecule has 0 unspecified atom stereocenters. The van der Waals surface area contributed by atoms with Crippen molar-refractivity contribution in [2.75, 3.05) is 0 Å². The number of carbonyl (C=O) groups is 1. The molecule has 0 radical (unpaired) electrons. The van der Waals surface area contributed by atoms with E-state index in [0.717, 1.165) is 19.3 Å². The Bertz CT molecular complexity index is 682. The molecule has 0 spiro atoms. The summed E-state index contributed by atoms with van der Waals surface area (Å²) in [6, 6.07) is 6.66. The highest BCUT2D eigenvalue weighted by atomic mass is 16.1. The van der Waals surface area contributed by atoms with Crippen molar-refractivity contribution in [3.8, 4) is 0 Å². The van der Waals surface area contributed by atoms with Gasteiger partial charge in [0.05, 0.1) is 0 Å². The van der Waals surface area contributed by atoms with Crippen LogP contribution in [0, 0.1) is 6.92 Å². The van der Waals surface area contributed by atoms with E-state index >= 15 is 0 Å². The van der Waals surface area contributed by atoms with Gasteiger partial charge in [-0.15, -0.1) is 0 Å². The monoisotopic (exact) mass is 268 g/mol. The second-order valence-electron chi connectivity index (χ2n) is 5.53. The van der Waals surface area contributed by atoms with Crippen LogP contribution >= 0.6 is 0 Å². The van der Waals surface area contributed by atoms with Gasteiger partial charge in [0.15, 0.2) is 0 Å². The van der Waals surface area contributed by atoms with Gasteiger partial charge in [-0.05, 0) is 50.3 Å². The van der Waals surface area contributed by atoms with Crippen LogP contribution in [0.3, 0.4) is 0 Å². The lowest BCUT2D eigenvalue weighted by Crippen LogP contribution is -2.37. The SMILES string of the molecule is C/C=C/C(=O)N[C@@H]1CCc2[nH]c3c(C)cccc3c2C1. The van der Waals surface area contributed by atoms with Crippen LogP contribution in [0.2, 0.25) is 0 Å². The molecule has 1 heterocycles. The van der Waals surface area contributed by atoms with E-state index in [1.165, 1.54) is 27.7 Å². The Hall–Kier alpha value is -2.03. The Kier molecular flexibility index (Phi) is 3.35. The molecule has 1 aromatic heterocycles. The molecular weight excluding hydrogens is 248 g/mol. The summed E-state index contributed by atoms with van der Waals surface area (Å²) in [5.41, 5.74) is 5.25. The Labute approximate surface area is 119 Å². The summed E-state index contributed by atoms with van der Waals surface area (Å²) in [5.74, 6) is 0.0111. The molecule has 1 aromatic carbocycles. The molecule has 1 amide bonds. The molecule has 2 aromatic rings. The Morgan fingerprint density at radius 3 is 3.10 bits per heavy atom. The zero-order valence-electron chi connectivity index (χ0n) is 12.0. The summed E-state index contributed by atoms with van der Waals surface area (Å²) < 4.78 is 0. The topological polar surface area (TPSA) is 44.9 Å². The molecule has 20 heavy (non-hydrogen) atoms. The van der Waals surface area contributed by atoms with Gasteiger partial charge < -0.3 is 10.3 Å². The number of nitrogens with one attached hydrogen (secondary N) is 2. The number of allylic oxidation sites excluding steroid dienone is 1. The van der Waals surface area contributed by atoms with Crippen LogP contribution in [0.1, 0.15) is 30.2 Å². The number of para-hydroxylation sites is 1. The maximum Gasteiger partial charge on any atom is 0.243 e. The number of aryl methyl sites for hydroxylation is 2. The van der Waals surface area contributed by atoms with E-state index in [4.69, 9.17) is 0 Å². The molecule has 0 fully saturated rings. The minimum Gasteiger partial charge on any atom is -0.358 e. The van der Waals surface area contributed by atoms with Crippen molar-refractivity contribution in [3.05, 3.63) is 47.2 Å². The lowest BCUT2D eigenvalue weighted by Gasteiger charge is -2.23. The van der Waals surface area contributed by atoms with Crippen molar-refractivity contribution >= 4 is 16.8 Å². The molecular formula is C17H20N2O. The van der Waals surface area contributed by atoms with E-state index in [1.54, 1.807) is 12.2 Å². The average molecular weight is 268 g/mol. The predicted molar refractivity (Wildman–Crippen MR) is 81.8 cm³/mol. The number of aromatic amines is 1. The van der Waals surface area contributed by atoms with Gasteiger partial charge >= 0.3 is 0 Å². The first-order chi connectivity index (χ1) is 9.69. The number of hydrogen-bond acceptors (Lipinski definition) is 1. The molecule has 0 bridgehead atoms. The maximum absolute atomic E-state index is 11.7. The zero-order chi connectivity index (χ0) is 14.1. The van der Waals surface area contributed by atoms with Gasteiger partial charge in [-0.3, -0.25) is 4.79 Å². The number of carbonyl (C=O) groups excluding carboxylic acids is 1. The van der Waals surface area contributed by atoms with Crippen LogP contribution < -0.4 is 5.32 Å². The van der Waals surface area contributed by atoms with Gasteiger partial charge in [0.2, 0.25) is 5.91 Å². The van der Waals surface area contributed by atoms with E-state index < -0.39 is 0 Å². The summed E-state index contributed by atoms with van der Waals surface area (Å²) >= 11 is 0. The highest BCUT2D eigenvalue weighted by molar-refractivity contribution is 5.89. The van der Waals surface area contributed by atoms with E-state index in [0.29, 0.717) is 0 Å². The zero-order valence-corrected chi connectivity index (χ0v) is 12.0. The lowest BCUT2D eigenvalue weighted by molar-refractivity contribution is -0.117. The van der Waals surface area contributed by atoms with E-state index in [2.05, 4.69) is 35.4 Å². The maximum atomic E-state index is 11.7. The average Bonchev–Trinajstić information content (AvgIpc) is 2.79. The van der Waals surface area contributed by atoms with Crippen LogP contribution in [-0.2, 0) is 17.6 Å². The minimum atomic E-state index is 0.0111. The number of aromatic nitrogens is 1. The molecule has 0 saturated heterocycles. The van der Waals surface area contributed by atoms with Gasteiger partial charge in [0.25, 0.3) is 0 Å². The lowest BCUT2D eigenvalue weighted by atomic mass is 9.91. The van der Waals surface area contributed by atoms with Gasteiger partial charge in [-0.1, -0.05) is 24.3 Å². The van der Waals surface area contributed by atoms with E-state index in [9.17, 15) is 4.79 Å². The van der Waals surface area contributed by atoms with Crippen molar-refractivity contribution < 1.29 is 4.79 Å². The smallest absolute Gasteiger partial charge is 0.243 e. The molecule has 3 rings (SSSR count). The Morgan fingerprint density at radius 2 is 2.30 bits per heavy atom. The van der Waals surface area contributed by atoms with Crippen molar-refractivity contribution in [2.45, 2.75) is 39.2 Å². The van der Waals surface area contributed by atoms with E-state index in [-0.39, 0.29) is 11.9 Å². The first-order valence-electron chi connectivity index (χ1n) is 7.21. The predicted octanol–water partition coefficient (Wildman–Crippen LogP) is 3.03. The Morgan fingerprint density at radius 1 is 1.45 bits per heavy atom. The first kappa shape index (κ1) is 13.0. The summed E-state index contributed by atoms with van der Waals surface area (Å²) in [7, 11) is 0. The van der Waals surface area contributed by atoms with Crippen LogP contribution in [0.5, 0.6) is 0 Å². The molecule has 3 nitrogen and oxygen atoms in total. The summed E-state index contributed by atoms with van der Waals surface area (Å²) in [4.78, 5) is 15.2. The second kappa shape index (κ2) is 5.16. The second-order valence-corrected chi connectivity index (χ2v) is 5.53. The number of fused-ring (bicyclic) bond motifs is 3. The number of rotatable bonds is 2. The fourth-order valence-electron chi connectivity index (χ4n) is 3.11. The van der Waals surface area contributed by atoms with Gasteiger partial charge in [-0.25, -0.2) is 0 Å². The number of benzene rings is 1. The molecule has 3 heteroatoms. The number of amides is 1. The quantitative estimate of drug-likeness (QED) is 0.808. The summed E-state index contributed by atoms with van der Waals surface area (Å²) in [6.45, 7) is 4.00. The first-order valence-corrected chi connectivity index (χ1v) is 7.21. The molecule has 1 aliphatic rings. The van der Waals surface area contributed by atoms with Crippen molar-refractivity contribution in [3.63, 3.8) is 0 Å². The van der Waals surface area contributed by atoms with Crippen LogP contribution in [0.4, 0.5) is 0 Å². The largest absolute Gasteiger partial charge is 0.358 e. The highest BCUT2D eigenvalue weighted by Gasteiger charge is 2.23. The van der Waals surface area contributed by atoms with Gasteiger partial charge in [0.1, 0.15) is 0 Å². The third kappa shape index (κ3) is 2.24. The normalized spacial score (nSPS) is 18.4. The number of H-pyrrole nitrogens is 1. The van der Waals surface area contributed by atoms with Gasteiger partial charge in [0, 0.05) is 22.6 Å². The summed E-state index contributed by atoms with van der Waals surface area (Å²) in [5, 5.41) is 4.40. The fourth-order valence-corrected chi connectivity index (χ4v) is 3.11. The van der Waals surface area contributed by atoms with Crippen LogP contribution in [0.15, 0.2) is 30.4 Å². The van der Waals surface area contributed by atoms with Crippen LogP contribution in [0.25, 0.3) is 10.9 Å². The highest BCUT2D eigenvalue weighted by Crippen LogP contribution is 2.30. The third-order valence-corrected chi connectivity index (χ3v) is 4.10. The van der Waals surface area contributed by atoms with Crippen molar-refractivity contribution in [1.29, 1.82) is 0 Å². The van der Waals surface area contributed by atoms with Crippen molar-refractivity contribution in [1.82, 2.24) is 10.3 Å². The molecule has 2 N–H and O–H groups in total. The van der Waals surface area contributed by atoms with E-state index in [1.807, 2.05) is 6.92 Å². The standard InChI is InChI=1S/C17H20N2O/c1-3-5-16(20)18-12-8-9-15-14(10-12)13-7-4-6-11(2)17(13)19-15/h3-7,12,19H,8-10H2,1-2H3,(H,18,20)/b5-3+/t12-/m1/s1. The Balaban J connectivity index is 1.89. The third-order valence-electron chi connectivity index (χ3n) is 4.10. The minimum absolute atomic E-state index is 0.0111. The molecule has 104 valence electrons. The molecule has 0 saturated carbocycles. The molecule has 0 aliphatic heterocycles. The number of hydrogen-bond donors (Lipinski definition) is 2. The fraction of sp³-hybridized carbons (Fsp3) is 0.353.